The number of aliphatic hydroxyl groups is 1. The van der Waals surface area contributed by atoms with Gasteiger partial charge in [-0.3, -0.25) is 4.79 Å². The Morgan fingerprint density at radius 1 is 1.00 bits per heavy atom. The second-order valence-corrected chi connectivity index (χ2v) is 11.9. The van der Waals surface area contributed by atoms with Crippen LogP contribution in [0.25, 0.3) is 0 Å². The molecule has 2 saturated heterocycles. The van der Waals surface area contributed by atoms with Gasteiger partial charge in [0.1, 0.15) is 11.5 Å². The number of benzene rings is 2. The van der Waals surface area contributed by atoms with Crippen molar-refractivity contribution in [3.05, 3.63) is 54.6 Å². The summed E-state index contributed by atoms with van der Waals surface area (Å²) < 4.78 is 46.5. The number of hydrogen-bond acceptors (Lipinski definition) is 7. The van der Waals surface area contributed by atoms with E-state index in [1.807, 2.05) is 30.3 Å². The monoisotopic (exact) mass is 530 g/mol. The fraction of sp³-hybridized carbons (Fsp3) is 0.519. The average molecular weight is 531 g/mol. The van der Waals surface area contributed by atoms with Crippen LogP contribution in [0.1, 0.15) is 38.5 Å². The van der Waals surface area contributed by atoms with E-state index in [9.17, 15) is 18.3 Å². The molecule has 2 aliphatic heterocycles. The average Bonchev–Trinajstić information content (AvgIpc) is 2.85. The van der Waals surface area contributed by atoms with Crippen LogP contribution in [0.5, 0.6) is 11.5 Å². The first-order valence-electron chi connectivity index (χ1n) is 12.9. The summed E-state index contributed by atoms with van der Waals surface area (Å²) in [4.78, 5) is 12.5. The van der Waals surface area contributed by atoms with Gasteiger partial charge in [0.15, 0.2) is 0 Å². The lowest BCUT2D eigenvalue weighted by Crippen LogP contribution is -2.57. The smallest absolute Gasteiger partial charge is 0.243 e. The van der Waals surface area contributed by atoms with Gasteiger partial charge in [-0.1, -0.05) is 18.2 Å². The number of carbonyl (C=O) groups is 1. The normalized spacial score (nSPS) is 27.3. The molecule has 0 spiro atoms. The van der Waals surface area contributed by atoms with Crippen molar-refractivity contribution in [1.82, 2.24) is 9.62 Å². The highest BCUT2D eigenvalue weighted by molar-refractivity contribution is 7.89. The fourth-order valence-electron chi connectivity index (χ4n) is 5.06. The van der Waals surface area contributed by atoms with E-state index < -0.39 is 28.3 Å². The molecule has 3 fully saturated rings. The number of carbonyl (C=O) groups excluding carboxylic acids is 1. The molecule has 1 aliphatic carbocycles. The number of nitrogens with zero attached hydrogens (tertiary/aromatic N) is 1. The molecule has 1 saturated carbocycles. The van der Waals surface area contributed by atoms with E-state index >= 15 is 0 Å². The molecule has 2 heterocycles. The first-order valence-corrected chi connectivity index (χ1v) is 14.4. The second kappa shape index (κ2) is 11.5. The zero-order valence-corrected chi connectivity index (χ0v) is 21.5. The summed E-state index contributed by atoms with van der Waals surface area (Å²) in [6.07, 6.45) is 2.70. The van der Waals surface area contributed by atoms with Crippen LogP contribution in [0, 0.1) is 0 Å². The molecule has 9 nitrogen and oxygen atoms in total. The van der Waals surface area contributed by atoms with Crippen molar-refractivity contribution in [2.75, 3.05) is 19.8 Å². The summed E-state index contributed by atoms with van der Waals surface area (Å²) in [5, 5.41) is 13.5. The third-order valence-corrected chi connectivity index (χ3v) is 9.13. The van der Waals surface area contributed by atoms with Gasteiger partial charge in [-0.25, -0.2) is 8.42 Å². The molecule has 3 aliphatic rings. The number of fused-ring (bicyclic) bond motifs is 1. The van der Waals surface area contributed by atoms with Crippen molar-refractivity contribution in [3.63, 3.8) is 0 Å². The minimum Gasteiger partial charge on any atom is -0.457 e. The molecule has 200 valence electrons. The number of nitrogens with one attached hydrogen (secondary N) is 1. The van der Waals surface area contributed by atoms with Crippen molar-refractivity contribution in [2.24, 2.45) is 0 Å². The maximum Gasteiger partial charge on any atom is 0.243 e. The molecule has 37 heavy (non-hydrogen) atoms. The summed E-state index contributed by atoms with van der Waals surface area (Å²) >= 11 is 0. The fourth-order valence-corrected chi connectivity index (χ4v) is 6.77. The van der Waals surface area contributed by atoms with E-state index in [0.29, 0.717) is 24.3 Å². The van der Waals surface area contributed by atoms with Crippen molar-refractivity contribution in [1.29, 1.82) is 0 Å². The van der Waals surface area contributed by atoms with Gasteiger partial charge in [0.05, 0.1) is 48.9 Å². The van der Waals surface area contributed by atoms with E-state index in [1.165, 1.54) is 16.4 Å². The van der Waals surface area contributed by atoms with Crippen molar-refractivity contribution in [3.8, 4) is 11.5 Å². The highest BCUT2D eigenvalue weighted by Gasteiger charge is 2.43. The molecule has 1 amide bonds. The van der Waals surface area contributed by atoms with Gasteiger partial charge in [-0.2, -0.15) is 4.31 Å². The number of para-hydroxylation sites is 1. The molecule has 0 bridgehead atoms. The van der Waals surface area contributed by atoms with Gasteiger partial charge in [0.2, 0.25) is 15.9 Å². The van der Waals surface area contributed by atoms with Gasteiger partial charge in [-0.15, -0.1) is 0 Å². The lowest BCUT2D eigenvalue weighted by atomic mass is 9.92. The molecule has 5 rings (SSSR count). The SMILES string of the molecule is O=C(C[C@H]1CC[C@H]2[C@@H](COC[C@@H](O)CN2S(=O)(=O)c2ccc(Oc3ccccc3)cc2)O1)NC1CCC1. The number of ether oxygens (including phenoxy) is 3. The van der Waals surface area contributed by atoms with Crippen molar-refractivity contribution in [2.45, 2.75) is 73.8 Å². The minimum atomic E-state index is -3.94. The predicted molar refractivity (Wildman–Crippen MR) is 136 cm³/mol. The Bertz CT molecular complexity index is 1160. The van der Waals surface area contributed by atoms with Gasteiger partial charge in [0.25, 0.3) is 0 Å². The van der Waals surface area contributed by atoms with Crippen LogP contribution in [0.2, 0.25) is 0 Å². The number of rotatable bonds is 7. The summed E-state index contributed by atoms with van der Waals surface area (Å²) in [6, 6.07) is 15.3. The molecule has 0 aromatic heterocycles. The summed E-state index contributed by atoms with van der Waals surface area (Å²) in [7, 11) is -3.94. The Hall–Kier alpha value is -2.50. The summed E-state index contributed by atoms with van der Waals surface area (Å²) in [6.45, 7) is 0.0651. The number of amides is 1. The van der Waals surface area contributed by atoms with E-state index in [2.05, 4.69) is 5.32 Å². The molecule has 4 atom stereocenters. The van der Waals surface area contributed by atoms with Crippen molar-refractivity contribution < 1.29 is 32.5 Å². The molecular weight excluding hydrogens is 496 g/mol. The van der Waals surface area contributed by atoms with Crippen molar-refractivity contribution >= 4 is 15.9 Å². The van der Waals surface area contributed by atoms with Crippen LogP contribution in [0.4, 0.5) is 0 Å². The van der Waals surface area contributed by atoms with Gasteiger partial charge in [0, 0.05) is 12.6 Å². The second-order valence-electron chi connectivity index (χ2n) is 9.99. The van der Waals surface area contributed by atoms with Crippen LogP contribution in [-0.2, 0) is 24.3 Å². The van der Waals surface area contributed by atoms with E-state index in [4.69, 9.17) is 14.2 Å². The van der Waals surface area contributed by atoms with Crippen LogP contribution in [-0.4, -0.2) is 73.9 Å². The molecular formula is C27H34N2O7S. The maximum absolute atomic E-state index is 13.8. The summed E-state index contributed by atoms with van der Waals surface area (Å²) in [5.74, 6) is 1.15. The van der Waals surface area contributed by atoms with E-state index in [0.717, 1.165) is 19.3 Å². The third kappa shape index (κ3) is 6.32. The molecule has 2 aromatic rings. The maximum atomic E-state index is 13.8. The molecule has 2 aromatic carbocycles. The number of hydrogen-bond donors (Lipinski definition) is 2. The van der Waals surface area contributed by atoms with Crippen LogP contribution < -0.4 is 10.1 Å². The molecule has 0 radical (unpaired) electrons. The number of sulfonamides is 1. The lowest BCUT2D eigenvalue weighted by molar-refractivity contribution is -0.147. The van der Waals surface area contributed by atoms with E-state index in [-0.39, 0.29) is 49.1 Å². The van der Waals surface area contributed by atoms with Crippen LogP contribution >= 0.6 is 0 Å². The quantitative estimate of drug-likeness (QED) is 0.566. The highest BCUT2D eigenvalue weighted by atomic mass is 32.2. The topological polar surface area (TPSA) is 114 Å². The van der Waals surface area contributed by atoms with Gasteiger partial charge in [-0.05, 0) is 68.5 Å². The third-order valence-electron chi connectivity index (χ3n) is 7.23. The summed E-state index contributed by atoms with van der Waals surface area (Å²) in [5.41, 5.74) is 0. The Balaban J connectivity index is 1.29. The first kappa shape index (κ1) is 26.1. The predicted octanol–water partition coefficient (Wildman–Crippen LogP) is 2.84. The lowest BCUT2D eigenvalue weighted by Gasteiger charge is -2.43. The van der Waals surface area contributed by atoms with E-state index in [1.54, 1.807) is 12.1 Å². The van der Waals surface area contributed by atoms with Crippen LogP contribution in [0.15, 0.2) is 59.5 Å². The molecule has 2 N–H and O–H groups in total. The zero-order valence-electron chi connectivity index (χ0n) is 20.7. The minimum absolute atomic E-state index is 0.00921. The Labute approximate surface area is 217 Å². The Morgan fingerprint density at radius 2 is 1.73 bits per heavy atom. The first-order chi connectivity index (χ1) is 17.9. The highest BCUT2D eigenvalue weighted by Crippen LogP contribution is 2.32. The number of β-amino-alcohol motifs (C(OH)–C–C–N with tert-alkyl or cyclic N) is 1. The number of aliphatic hydroxyl groups excluding tert-OH is 1. The zero-order chi connectivity index (χ0) is 25.8. The van der Waals surface area contributed by atoms with Crippen LogP contribution in [0.3, 0.4) is 0 Å². The van der Waals surface area contributed by atoms with Gasteiger partial charge >= 0.3 is 0 Å². The molecule has 0 unspecified atom stereocenters. The standard InChI is InChI=1S/C27H34N2O7S/c30-20-16-29(37(32,33)24-12-9-22(10-13-24)35-21-7-2-1-3-8-21)25-14-11-23(36-26(25)18-34-17-20)15-27(31)28-19-5-4-6-19/h1-3,7-10,12-13,19-20,23,25-26,30H,4-6,11,14-18H2,(H,28,31)/t20-,23+,25-,26+/m0/s1. The molecule has 10 heteroatoms. The Morgan fingerprint density at radius 3 is 2.43 bits per heavy atom. The van der Waals surface area contributed by atoms with Gasteiger partial charge < -0.3 is 24.6 Å². The largest absolute Gasteiger partial charge is 0.457 e. The Kier molecular flexibility index (Phi) is 8.11.